The molecule has 0 atom stereocenters. The van der Waals surface area contributed by atoms with Gasteiger partial charge in [-0.05, 0) is 31.0 Å². The number of ether oxygens (including phenoxy) is 1. The van der Waals surface area contributed by atoms with Crippen LogP contribution in [0.25, 0.3) is 0 Å². The molecule has 0 aliphatic carbocycles. The molecule has 1 aromatic heterocycles. The molecule has 0 aliphatic heterocycles. The van der Waals surface area contributed by atoms with Crippen LogP contribution in [-0.4, -0.2) is 51.9 Å². The number of H-pyrrole nitrogens is 1. The van der Waals surface area contributed by atoms with Crippen LogP contribution in [0.5, 0.6) is 5.75 Å². The highest BCUT2D eigenvalue weighted by atomic mass is 32.2. The summed E-state index contributed by atoms with van der Waals surface area (Å²) in [5, 5.41) is 6.88. The van der Waals surface area contributed by atoms with Gasteiger partial charge in [-0.25, -0.2) is 5.10 Å². The van der Waals surface area contributed by atoms with E-state index in [0.717, 1.165) is 16.9 Å². The average molecular weight is 335 g/mol. The Balaban J connectivity index is 1.74. The Morgan fingerprint density at radius 1 is 1.43 bits per heavy atom. The first kappa shape index (κ1) is 17.1. The van der Waals surface area contributed by atoms with Crippen LogP contribution in [0, 0.1) is 13.8 Å². The Morgan fingerprint density at radius 3 is 2.91 bits per heavy atom. The van der Waals surface area contributed by atoms with E-state index in [1.54, 1.807) is 11.9 Å². The number of hydrogen-bond donors (Lipinski definition) is 2. The summed E-state index contributed by atoms with van der Waals surface area (Å²) in [4.78, 5) is 17.6. The van der Waals surface area contributed by atoms with Crippen LogP contribution in [0.2, 0.25) is 0 Å². The van der Waals surface area contributed by atoms with Crippen LogP contribution in [-0.2, 0) is 4.79 Å². The third-order valence-corrected chi connectivity index (χ3v) is 4.09. The highest BCUT2D eigenvalue weighted by Crippen LogP contribution is 2.19. The number of nitrogens with one attached hydrogen (secondary N) is 1. The number of nitrogen functional groups attached to an aromatic ring is 1. The van der Waals surface area contributed by atoms with E-state index in [1.165, 1.54) is 11.8 Å². The first-order valence-corrected chi connectivity index (χ1v) is 8.19. The number of aromatic nitrogens is 3. The number of aromatic amines is 1. The molecule has 23 heavy (non-hydrogen) atoms. The Labute approximate surface area is 139 Å². The number of benzene rings is 1. The molecule has 2 rings (SSSR count). The van der Waals surface area contributed by atoms with Gasteiger partial charge in [0.25, 0.3) is 0 Å². The standard InChI is InChI=1S/C15H21N5O2S/c1-10-4-5-11(2)12(8-10)22-7-6-20(3)13(21)9-23-15-17-14(16)18-19-15/h4-5,8H,6-7,9H2,1-3H3,(H3,16,17,18,19). The van der Waals surface area contributed by atoms with E-state index in [-0.39, 0.29) is 17.6 Å². The number of thioether (sulfide) groups is 1. The maximum atomic E-state index is 12.0. The number of hydrogen-bond acceptors (Lipinski definition) is 6. The first-order valence-electron chi connectivity index (χ1n) is 7.20. The lowest BCUT2D eigenvalue weighted by Crippen LogP contribution is -2.32. The lowest BCUT2D eigenvalue weighted by atomic mass is 10.1. The zero-order valence-corrected chi connectivity index (χ0v) is 14.3. The van der Waals surface area contributed by atoms with Gasteiger partial charge in [-0.1, -0.05) is 23.9 Å². The normalized spacial score (nSPS) is 10.6. The van der Waals surface area contributed by atoms with Crippen molar-refractivity contribution in [1.82, 2.24) is 20.1 Å². The van der Waals surface area contributed by atoms with E-state index >= 15 is 0 Å². The van der Waals surface area contributed by atoms with Gasteiger partial charge >= 0.3 is 0 Å². The van der Waals surface area contributed by atoms with Crippen molar-refractivity contribution in [2.45, 2.75) is 19.0 Å². The minimum absolute atomic E-state index is 0.0112. The number of nitrogens with zero attached hydrogens (tertiary/aromatic N) is 3. The van der Waals surface area contributed by atoms with Crippen LogP contribution in [0.15, 0.2) is 23.4 Å². The molecule has 0 aliphatic rings. The number of carbonyl (C=O) groups is 1. The van der Waals surface area contributed by atoms with Gasteiger partial charge in [-0.15, -0.1) is 5.10 Å². The monoisotopic (exact) mass is 335 g/mol. The largest absolute Gasteiger partial charge is 0.491 e. The van der Waals surface area contributed by atoms with Crippen LogP contribution in [0.4, 0.5) is 5.95 Å². The van der Waals surface area contributed by atoms with Crippen LogP contribution >= 0.6 is 11.8 Å². The molecule has 8 heteroatoms. The first-order chi connectivity index (χ1) is 11.0. The van der Waals surface area contributed by atoms with Crippen molar-refractivity contribution >= 4 is 23.6 Å². The van der Waals surface area contributed by atoms with Crippen molar-refractivity contribution in [1.29, 1.82) is 0 Å². The smallest absolute Gasteiger partial charge is 0.232 e. The second-order valence-electron chi connectivity index (χ2n) is 5.22. The average Bonchev–Trinajstić information content (AvgIpc) is 2.93. The highest BCUT2D eigenvalue weighted by Gasteiger charge is 2.11. The molecule has 1 aromatic carbocycles. The molecular weight excluding hydrogens is 314 g/mol. The minimum Gasteiger partial charge on any atom is -0.491 e. The molecule has 0 bridgehead atoms. The molecule has 0 fully saturated rings. The molecule has 2 aromatic rings. The zero-order chi connectivity index (χ0) is 16.8. The Bertz CT molecular complexity index is 674. The molecule has 0 spiro atoms. The van der Waals surface area contributed by atoms with E-state index in [0.29, 0.717) is 18.3 Å². The SMILES string of the molecule is Cc1ccc(C)c(OCCN(C)C(=O)CSc2n[nH]c(N)n2)c1. The predicted octanol–water partition coefficient (Wildman–Crippen LogP) is 1.63. The topological polar surface area (TPSA) is 97.1 Å². The predicted molar refractivity (Wildman–Crippen MR) is 90.6 cm³/mol. The summed E-state index contributed by atoms with van der Waals surface area (Å²) in [5.74, 6) is 1.35. The van der Waals surface area contributed by atoms with Crippen molar-refractivity contribution in [3.63, 3.8) is 0 Å². The molecule has 124 valence electrons. The fourth-order valence-corrected chi connectivity index (χ4v) is 2.59. The van der Waals surface area contributed by atoms with Gasteiger partial charge in [0.1, 0.15) is 12.4 Å². The molecular formula is C15H21N5O2S. The van der Waals surface area contributed by atoms with E-state index in [1.807, 2.05) is 32.0 Å². The van der Waals surface area contributed by atoms with Crippen molar-refractivity contribution in [2.24, 2.45) is 0 Å². The number of carbonyl (C=O) groups excluding carboxylic acids is 1. The van der Waals surface area contributed by atoms with Crippen molar-refractivity contribution in [2.75, 3.05) is 31.7 Å². The van der Waals surface area contributed by atoms with Crippen molar-refractivity contribution in [3.05, 3.63) is 29.3 Å². The number of aryl methyl sites for hydroxylation is 2. The van der Waals surface area contributed by atoms with E-state index in [2.05, 4.69) is 15.2 Å². The number of rotatable bonds is 7. The summed E-state index contributed by atoms with van der Waals surface area (Å²) < 4.78 is 5.76. The third kappa shape index (κ3) is 5.17. The van der Waals surface area contributed by atoms with Gasteiger partial charge in [0.2, 0.25) is 17.0 Å². The Kier molecular flexibility index (Phi) is 5.86. The molecule has 3 N–H and O–H groups in total. The maximum absolute atomic E-state index is 12.0. The van der Waals surface area contributed by atoms with E-state index in [9.17, 15) is 4.79 Å². The lowest BCUT2D eigenvalue weighted by Gasteiger charge is -2.17. The van der Waals surface area contributed by atoms with Gasteiger partial charge < -0.3 is 15.4 Å². The van der Waals surface area contributed by atoms with Gasteiger partial charge in [0.15, 0.2) is 0 Å². The molecule has 1 amide bonds. The summed E-state index contributed by atoms with van der Waals surface area (Å²) in [6, 6.07) is 6.07. The molecule has 0 unspecified atom stereocenters. The van der Waals surface area contributed by atoms with Gasteiger partial charge in [-0.2, -0.15) is 4.98 Å². The summed E-state index contributed by atoms with van der Waals surface area (Å²) in [6.45, 7) is 4.99. The van der Waals surface area contributed by atoms with Crippen molar-refractivity contribution < 1.29 is 9.53 Å². The van der Waals surface area contributed by atoms with Gasteiger partial charge in [0, 0.05) is 7.05 Å². The van der Waals surface area contributed by atoms with E-state index < -0.39 is 0 Å². The number of likely N-dealkylation sites (N-methyl/N-ethyl adjacent to an activating group) is 1. The summed E-state index contributed by atoms with van der Waals surface area (Å²) in [7, 11) is 1.75. The Morgan fingerprint density at radius 2 is 2.22 bits per heavy atom. The Hall–Kier alpha value is -2.22. The number of amides is 1. The molecule has 7 nitrogen and oxygen atoms in total. The molecule has 1 heterocycles. The second-order valence-corrected chi connectivity index (χ2v) is 6.17. The second kappa shape index (κ2) is 7.87. The van der Waals surface area contributed by atoms with Crippen LogP contribution < -0.4 is 10.5 Å². The summed E-state index contributed by atoms with van der Waals surface area (Å²) >= 11 is 1.25. The van der Waals surface area contributed by atoms with Crippen molar-refractivity contribution in [3.8, 4) is 5.75 Å². The van der Waals surface area contributed by atoms with Gasteiger partial charge in [0.05, 0.1) is 12.3 Å². The molecule has 0 radical (unpaired) electrons. The maximum Gasteiger partial charge on any atom is 0.232 e. The number of anilines is 1. The fraction of sp³-hybridized carbons (Fsp3) is 0.400. The number of nitrogens with two attached hydrogens (primary N) is 1. The molecule has 0 saturated heterocycles. The van der Waals surface area contributed by atoms with E-state index in [4.69, 9.17) is 10.5 Å². The summed E-state index contributed by atoms with van der Waals surface area (Å²) in [5.41, 5.74) is 7.67. The molecule has 0 saturated carbocycles. The highest BCUT2D eigenvalue weighted by molar-refractivity contribution is 7.99. The van der Waals surface area contributed by atoms with Crippen LogP contribution in [0.1, 0.15) is 11.1 Å². The fourth-order valence-electron chi connectivity index (χ4n) is 1.84. The van der Waals surface area contributed by atoms with Crippen LogP contribution in [0.3, 0.4) is 0 Å². The quantitative estimate of drug-likeness (QED) is 0.747. The van der Waals surface area contributed by atoms with Gasteiger partial charge in [-0.3, -0.25) is 4.79 Å². The third-order valence-electron chi connectivity index (χ3n) is 3.26. The summed E-state index contributed by atoms with van der Waals surface area (Å²) in [6.07, 6.45) is 0. The lowest BCUT2D eigenvalue weighted by molar-refractivity contribution is -0.127. The zero-order valence-electron chi connectivity index (χ0n) is 13.5. The minimum atomic E-state index is -0.0112.